The van der Waals surface area contributed by atoms with Crippen LogP contribution in [0.5, 0.6) is 0 Å². The van der Waals surface area contributed by atoms with Crippen molar-refractivity contribution in [1.29, 1.82) is 0 Å². The second-order valence-corrected chi connectivity index (χ2v) is 7.72. The van der Waals surface area contributed by atoms with E-state index in [-0.39, 0.29) is 11.7 Å². The van der Waals surface area contributed by atoms with Gasteiger partial charge in [-0.1, -0.05) is 18.2 Å². The summed E-state index contributed by atoms with van der Waals surface area (Å²) >= 11 is 0. The summed E-state index contributed by atoms with van der Waals surface area (Å²) < 4.78 is 11.9. The Kier molecular flexibility index (Phi) is 4.82. The van der Waals surface area contributed by atoms with Gasteiger partial charge in [-0.25, -0.2) is 0 Å². The third kappa shape index (κ3) is 3.78. The van der Waals surface area contributed by atoms with Crippen LogP contribution in [-0.4, -0.2) is 35.6 Å². The smallest absolute Gasteiger partial charge is 0.0977 e. The van der Waals surface area contributed by atoms with Crippen LogP contribution in [0.25, 0.3) is 0 Å². The van der Waals surface area contributed by atoms with Crippen LogP contribution in [0, 0.1) is 0 Å². The summed E-state index contributed by atoms with van der Waals surface area (Å²) in [6, 6.07) is 0. The summed E-state index contributed by atoms with van der Waals surface area (Å²) in [5, 5.41) is 10.3. The number of epoxide rings is 1. The number of allylic oxidation sites excluding steroid dienone is 1. The van der Waals surface area contributed by atoms with Crippen molar-refractivity contribution in [3.05, 3.63) is 34.9 Å². The van der Waals surface area contributed by atoms with Crippen molar-refractivity contribution in [3.63, 3.8) is 0 Å². The standard InChI is InChI=1S/C20H30O3/c1-13-5-7-17(21)14(2)6-8-19-20(4,23-19)10-9-16-15(3)12-22-18(16)11-13/h11,17-19,21H,2,5-10,12H2,1,3-4H3. The molecule has 4 unspecified atom stereocenters. The molecule has 1 saturated heterocycles. The molecule has 1 fully saturated rings. The van der Waals surface area contributed by atoms with Gasteiger partial charge in [0.05, 0.1) is 30.5 Å². The second kappa shape index (κ2) is 6.54. The molecule has 0 aromatic heterocycles. The van der Waals surface area contributed by atoms with Crippen LogP contribution >= 0.6 is 0 Å². The van der Waals surface area contributed by atoms with Crippen LogP contribution in [0.4, 0.5) is 0 Å². The van der Waals surface area contributed by atoms with Gasteiger partial charge in [0.15, 0.2) is 0 Å². The molecule has 3 heteroatoms. The minimum Gasteiger partial charge on any atom is -0.389 e. The van der Waals surface area contributed by atoms with E-state index < -0.39 is 6.10 Å². The van der Waals surface area contributed by atoms with Gasteiger partial charge >= 0.3 is 0 Å². The largest absolute Gasteiger partial charge is 0.389 e. The molecular weight excluding hydrogens is 288 g/mol. The van der Waals surface area contributed by atoms with Crippen LogP contribution in [0.15, 0.2) is 34.9 Å². The highest BCUT2D eigenvalue weighted by atomic mass is 16.6. The van der Waals surface area contributed by atoms with Crippen molar-refractivity contribution >= 4 is 0 Å². The van der Waals surface area contributed by atoms with Gasteiger partial charge in [0.1, 0.15) is 0 Å². The number of hydrogen-bond donors (Lipinski definition) is 1. The Morgan fingerprint density at radius 2 is 2.00 bits per heavy atom. The lowest BCUT2D eigenvalue weighted by Crippen LogP contribution is -2.16. The van der Waals surface area contributed by atoms with E-state index in [1.165, 1.54) is 16.7 Å². The minimum atomic E-state index is -0.410. The monoisotopic (exact) mass is 318 g/mol. The highest BCUT2D eigenvalue weighted by molar-refractivity contribution is 5.28. The Balaban J connectivity index is 1.78. The summed E-state index contributed by atoms with van der Waals surface area (Å²) in [4.78, 5) is 0. The van der Waals surface area contributed by atoms with Crippen LogP contribution in [-0.2, 0) is 9.47 Å². The Morgan fingerprint density at radius 3 is 2.78 bits per heavy atom. The first-order valence-electron chi connectivity index (χ1n) is 8.90. The van der Waals surface area contributed by atoms with Crippen molar-refractivity contribution in [2.75, 3.05) is 6.61 Å². The second-order valence-electron chi connectivity index (χ2n) is 7.72. The van der Waals surface area contributed by atoms with E-state index in [1.54, 1.807) is 0 Å². The van der Waals surface area contributed by atoms with Crippen molar-refractivity contribution in [1.82, 2.24) is 0 Å². The van der Waals surface area contributed by atoms with Crippen molar-refractivity contribution in [2.45, 2.75) is 83.2 Å². The highest BCUT2D eigenvalue weighted by Gasteiger charge is 2.51. The van der Waals surface area contributed by atoms with Gasteiger partial charge < -0.3 is 14.6 Å². The van der Waals surface area contributed by atoms with Crippen LogP contribution in [0.1, 0.15) is 59.3 Å². The predicted molar refractivity (Wildman–Crippen MR) is 92.3 cm³/mol. The molecule has 0 aromatic carbocycles. The molecule has 0 saturated carbocycles. The molecule has 128 valence electrons. The van der Waals surface area contributed by atoms with Crippen molar-refractivity contribution in [3.8, 4) is 0 Å². The molecule has 2 heterocycles. The summed E-state index contributed by atoms with van der Waals surface area (Å²) in [6.07, 6.45) is 7.82. The normalized spacial score (nSPS) is 39.4. The van der Waals surface area contributed by atoms with Crippen LogP contribution in [0.3, 0.4) is 0 Å². The Bertz CT molecular complexity index is 545. The number of hydrogen-bond acceptors (Lipinski definition) is 3. The van der Waals surface area contributed by atoms with Gasteiger partial charge in [-0.2, -0.15) is 0 Å². The lowest BCUT2D eigenvalue weighted by molar-refractivity contribution is 0.149. The first-order chi connectivity index (χ1) is 10.9. The fraction of sp³-hybridized carbons (Fsp3) is 0.700. The summed E-state index contributed by atoms with van der Waals surface area (Å²) in [7, 11) is 0. The lowest BCUT2D eigenvalue weighted by atomic mass is 9.90. The van der Waals surface area contributed by atoms with Gasteiger partial charge in [-0.05, 0) is 76.0 Å². The molecule has 0 spiro atoms. The zero-order valence-corrected chi connectivity index (χ0v) is 14.7. The van der Waals surface area contributed by atoms with Gasteiger partial charge in [0.2, 0.25) is 0 Å². The Labute approximate surface area is 140 Å². The molecule has 1 N–H and O–H groups in total. The number of aliphatic hydroxyl groups excluding tert-OH is 1. The third-order valence-electron chi connectivity index (χ3n) is 5.74. The van der Waals surface area contributed by atoms with E-state index in [0.717, 1.165) is 50.7 Å². The van der Waals surface area contributed by atoms with E-state index in [0.29, 0.717) is 6.10 Å². The molecule has 3 rings (SSSR count). The van der Waals surface area contributed by atoms with E-state index in [9.17, 15) is 5.11 Å². The fourth-order valence-corrected chi connectivity index (χ4v) is 3.81. The molecule has 3 aliphatic rings. The lowest BCUT2D eigenvalue weighted by Gasteiger charge is -2.17. The first-order valence-corrected chi connectivity index (χ1v) is 8.90. The maximum absolute atomic E-state index is 10.3. The summed E-state index contributed by atoms with van der Waals surface area (Å²) in [5.41, 5.74) is 5.04. The maximum Gasteiger partial charge on any atom is 0.0977 e. The summed E-state index contributed by atoms with van der Waals surface area (Å²) in [5.74, 6) is 0. The third-order valence-corrected chi connectivity index (χ3v) is 5.74. The molecule has 0 amide bonds. The number of rotatable bonds is 0. The molecule has 3 nitrogen and oxygen atoms in total. The number of fused-ring (bicyclic) bond motifs is 2. The average Bonchev–Trinajstić information content (AvgIpc) is 3.04. The molecule has 2 aliphatic heterocycles. The SMILES string of the molecule is C=C1CCC2OC2(C)CCC2=C(C)COC2C=C(C)CCC1O. The number of aliphatic hydroxyl groups is 1. The fourth-order valence-electron chi connectivity index (χ4n) is 3.81. The maximum atomic E-state index is 10.3. The first kappa shape index (κ1) is 16.9. The molecular formula is C20H30O3. The average molecular weight is 318 g/mol. The van der Waals surface area contributed by atoms with E-state index >= 15 is 0 Å². The highest BCUT2D eigenvalue weighted by Crippen LogP contribution is 2.45. The minimum absolute atomic E-state index is 0.00543. The Morgan fingerprint density at radius 1 is 1.22 bits per heavy atom. The van der Waals surface area contributed by atoms with E-state index in [1.807, 2.05) is 0 Å². The van der Waals surface area contributed by atoms with Crippen LogP contribution in [0.2, 0.25) is 0 Å². The zero-order valence-electron chi connectivity index (χ0n) is 14.7. The molecule has 4 atom stereocenters. The molecule has 1 aliphatic carbocycles. The predicted octanol–water partition coefficient (Wildman–Crippen LogP) is 4.08. The summed E-state index contributed by atoms with van der Waals surface area (Å²) in [6.45, 7) is 11.3. The van der Waals surface area contributed by atoms with E-state index in [4.69, 9.17) is 9.47 Å². The topological polar surface area (TPSA) is 42.0 Å². The Hall–Kier alpha value is -0.900. The molecule has 23 heavy (non-hydrogen) atoms. The van der Waals surface area contributed by atoms with Gasteiger partial charge in [-0.15, -0.1) is 0 Å². The van der Waals surface area contributed by atoms with Gasteiger partial charge in [0.25, 0.3) is 0 Å². The molecule has 0 aromatic rings. The quantitative estimate of drug-likeness (QED) is 0.540. The van der Waals surface area contributed by atoms with E-state index in [2.05, 4.69) is 33.4 Å². The molecule has 0 radical (unpaired) electrons. The number of ether oxygens (including phenoxy) is 2. The van der Waals surface area contributed by atoms with Crippen LogP contribution < -0.4 is 0 Å². The zero-order chi connectivity index (χ0) is 16.6. The van der Waals surface area contributed by atoms with Gasteiger partial charge in [-0.3, -0.25) is 0 Å². The van der Waals surface area contributed by atoms with Crippen molar-refractivity contribution in [2.24, 2.45) is 0 Å². The molecule has 0 bridgehead atoms. The van der Waals surface area contributed by atoms with Crippen molar-refractivity contribution < 1.29 is 14.6 Å². The van der Waals surface area contributed by atoms with Gasteiger partial charge in [0, 0.05) is 0 Å².